The van der Waals surface area contributed by atoms with Crippen molar-refractivity contribution in [2.24, 2.45) is 9.98 Å². The molecule has 0 radical (unpaired) electrons. The van der Waals surface area contributed by atoms with Crippen LogP contribution < -0.4 is 0 Å². The lowest BCUT2D eigenvalue weighted by Crippen LogP contribution is -2.36. The minimum Gasteiger partial charge on any atom is -0.333 e. The summed E-state index contributed by atoms with van der Waals surface area (Å²) in [5.74, 6) is 1.56. The van der Waals surface area contributed by atoms with Crippen molar-refractivity contribution in [1.29, 1.82) is 0 Å². The molecule has 1 aliphatic heterocycles. The molecule has 0 aliphatic carbocycles. The van der Waals surface area contributed by atoms with E-state index in [0.717, 1.165) is 28.0 Å². The second-order valence-electron chi connectivity index (χ2n) is 11.2. The van der Waals surface area contributed by atoms with Gasteiger partial charge in [-0.25, -0.2) is 4.99 Å². The number of aromatic nitrogens is 1. The summed E-state index contributed by atoms with van der Waals surface area (Å²) < 4.78 is 2.21. The highest BCUT2D eigenvalue weighted by atomic mass is 15.4. The molecular weight excluding hydrogens is 536 g/mol. The van der Waals surface area contributed by atoms with Crippen LogP contribution in [0.15, 0.2) is 168 Å². The molecule has 1 unspecified atom stereocenters. The van der Waals surface area contributed by atoms with Gasteiger partial charge in [0.15, 0.2) is 6.17 Å². The van der Waals surface area contributed by atoms with Crippen molar-refractivity contribution in [3.8, 4) is 22.3 Å². The summed E-state index contributed by atoms with van der Waals surface area (Å²) in [6.45, 7) is 0. The third-order valence-electron chi connectivity index (χ3n) is 8.49. The Balaban J connectivity index is 1.28. The van der Waals surface area contributed by atoms with Crippen LogP contribution in [0.5, 0.6) is 0 Å². The number of fused-ring (bicyclic) bond motifs is 3. The molecule has 2 heterocycles. The van der Waals surface area contributed by atoms with Gasteiger partial charge in [-0.05, 0) is 39.9 Å². The van der Waals surface area contributed by atoms with Gasteiger partial charge in [0, 0.05) is 23.4 Å². The Labute approximate surface area is 256 Å². The zero-order valence-electron chi connectivity index (χ0n) is 24.4. The first-order valence-corrected chi connectivity index (χ1v) is 14.9. The van der Waals surface area contributed by atoms with E-state index in [9.17, 15) is 0 Å². The van der Waals surface area contributed by atoms with E-state index in [4.69, 9.17) is 9.98 Å². The van der Waals surface area contributed by atoms with Crippen LogP contribution in [-0.4, -0.2) is 28.3 Å². The molecule has 1 aromatic heterocycles. The molecule has 0 amide bonds. The first-order chi connectivity index (χ1) is 21.7. The van der Waals surface area contributed by atoms with E-state index in [2.05, 4.69) is 162 Å². The number of hydrogen-bond donors (Lipinski definition) is 0. The van der Waals surface area contributed by atoms with Gasteiger partial charge < -0.3 is 4.90 Å². The third kappa shape index (κ3) is 4.48. The smallest absolute Gasteiger partial charge is 0.234 e. The standard InChI is InChI=1S/C40H30N4/c1-43-38(32-24-20-30(21-25-32)28-12-4-2-5-13-28)41-40(44-36-18-10-8-16-34(36)35-17-9-11-19-37(35)44)42-39(43)33-26-22-31(23-27-33)29-14-6-3-7-15-29/h2-27,38H,1H3. The average molecular weight is 567 g/mol. The number of rotatable bonds is 4. The van der Waals surface area contributed by atoms with Crippen LogP contribution in [-0.2, 0) is 0 Å². The highest BCUT2D eigenvalue weighted by molar-refractivity contribution is 6.17. The van der Waals surface area contributed by atoms with Crippen molar-refractivity contribution in [3.63, 3.8) is 0 Å². The zero-order chi connectivity index (χ0) is 29.5. The van der Waals surface area contributed by atoms with E-state index in [1.165, 1.54) is 33.0 Å². The van der Waals surface area contributed by atoms with Gasteiger partial charge in [-0.15, -0.1) is 0 Å². The topological polar surface area (TPSA) is 32.9 Å². The maximum atomic E-state index is 5.34. The summed E-state index contributed by atoms with van der Waals surface area (Å²) in [7, 11) is 2.09. The molecule has 0 saturated carbocycles. The van der Waals surface area contributed by atoms with Gasteiger partial charge in [0.05, 0.1) is 11.0 Å². The second-order valence-corrected chi connectivity index (χ2v) is 11.2. The zero-order valence-corrected chi connectivity index (χ0v) is 24.4. The first-order valence-electron chi connectivity index (χ1n) is 14.9. The fourth-order valence-corrected chi connectivity index (χ4v) is 6.25. The van der Waals surface area contributed by atoms with E-state index < -0.39 is 0 Å². The Morgan fingerprint density at radius 3 is 1.43 bits per heavy atom. The van der Waals surface area contributed by atoms with Gasteiger partial charge in [-0.2, -0.15) is 4.99 Å². The van der Waals surface area contributed by atoms with Gasteiger partial charge in [0.25, 0.3) is 0 Å². The van der Waals surface area contributed by atoms with E-state index in [0.29, 0.717) is 5.96 Å². The second kappa shape index (κ2) is 10.8. The summed E-state index contributed by atoms with van der Waals surface area (Å²) in [5, 5.41) is 2.38. The Morgan fingerprint density at radius 1 is 0.455 bits per heavy atom. The largest absolute Gasteiger partial charge is 0.333 e. The molecule has 0 spiro atoms. The molecule has 6 aromatic carbocycles. The predicted octanol–water partition coefficient (Wildman–Crippen LogP) is 9.42. The first kappa shape index (κ1) is 25.9. The normalized spacial score (nSPS) is 14.9. The maximum Gasteiger partial charge on any atom is 0.234 e. The van der Waals surface area contributed by atoms with Gasteiger partial charge in [-0.1, -0.05) is 146 Å². The van der Waals surface area contributed by atoms with Crippen molar-refractivity contribution < 1.29 is 0 Å². The fourth-order valence-electron chi connectivity index (χ4n) is 6.25. The van der Waals surface area contributed by atoms with Crippen LogP contribution in [0, 0.1) is 0 Å². The van der Waals surface area contributed by atoms with E-state index in [1.54, 1.807) is 0 Å². The van der Waals surface area contributed by atoms with E-state index in [1.807, 2.05) is 12.1 Å². The summed E-state index contributed by atoms with van der Waals surface area (Å²) in [5.41, 5.74) is 9.11. The molecule has 7 aromatic rings. The minimum atomic E-state index is -0.254. The van der Waals surface area contributed by atoms with Crippen molar-refractivity contribution in [3.05, 3.63) is 169 Å². The van der Waals surface area contributed by atoms with Crippen LogP contribution in [0.3, 0.4) is 0 Å². The molecule has 44 heavy (non-hydrogen) atoms. The molecular formula is C40H30N4. The predicted molar refractivity (Wildman–Crippen MR) is 183 cm³/mol. The molecule has 8 rings (SSSR count). The summed E-state index contributed by atoms with van der Waals surface area (Å²) >= 11 is 0. The molecule has 1 atom stereocenters. The molecule has 210 valence electrons. The van der Waals surface area contributed by atoms with Crippen LogP contribution >= 0.6 is 0 Å². The van der Waals surface area contributed by atoms with Gasteiger partial charge in [0.2, 0.25) is 5.96 Å². The Kier molecular flexibility index (Phi) is 6.38. The Morgan fingerprint density at radius 2 is 0.886 bits per heavy atom. The highest BCUT2D eigenvalue weighted by Gasteiger charge is 2.28. The third-order valence-corrected chi connectivity index (χ3v) is 8.49. The van der Waals surface area contributed by atoms with Gasteiger partial charge >= 0.3 is 0 Å². The molecule has 0 bridgehead atoms. The van der Waals surface area contributed by atoms with Crippen molar-refractivity contribution in [2.45, 2.75) is 6.17 Å². The van der Waals surface area contributed by atoms with Crippen LogP contribution in [0.1, 0.15) is 17.3 Å². The van der Waals surface area contributed by atoms with Crippen molar-refractivity contribution in [2.75, 3.05) is 7.05 Å². The van der Waals surface area contributed by atoms with E-state index >= 15 is 0 Å². The number of benzene rings is 6. The van der Waals surface area contributed by atoms with Crippen LogP contribution in [0.4, 0.5) is 0 Å². The number of para-hydroxylation sites is 2. The van der Waals surface area contributed by atoms with Crippen molar-refractivity contribution >= 4 is 33.6 Å². The van der Waals surface area contributed by atoms with Gasteiger partial charge in [0.1, 0.15) is 5.84 Å². The lowest BCUT2D eigenvalue weighted by molar-refractivity contribution is 0.381. The molecule has 0 fully saturated rings. The summed E-state index contributed by atoms with van der Waals surface area (Å²) in [6, 6.07) is 55.4. The number of amidine groups is 1. The summed E-state index contributed by atoms with van der Waals surface area (Å²) in [4.78, 5) is 12.8. The monoisotopic (exact) mass is 566 g/mol. The molecule has 1 aliphatic rings. The lowest BCUT2D eigenvalue weighted by Gasteiger charge is -2.32. The summed E-state index contributed by atoms with van der Waals surface area (Å²) in [6.07, 6.45) is -0.254. The Hall–Kier alpha value is -5.74. The van der Waals surface area contributed by atoms with E-state index in [-0.39, 0.29) is 6.17 Å². The number of nitrogens with zero attached hydrogens (tertiary/aromatic N) is 4. The maximum absolute atomic E-state index is 5.34. The fraction of sp³-hybridized carbons (Fsp3) is 0.0500. The Bertz CT molecular complexity index is 2100. The average Bonchev–Trinajstić information content (AvgIpc) is 3.44. The van der Waals surface area contributed by atoms with Crippen LogP contribution in [0.25, 0.3) is 44.1 Å². The molecule has 0 N–H and O–H groups in total. The quantitative estimate of drug-likeness (QED) is 0.209. The lowest BCUT2D eigenvalue weighted by atomic mass is 10.0. The molecule has 4 heteroatoms. The molecule has 4 nitrogen and oxygen atoms in total. The number of aliphatic imine (C=N–C) groups is 2. The minimum absolute atomic E-state index is 0.254. The number of hydrogen-bond acceptors (Lipinski definition) is 3. The van der Waals surface area contributed by atoms with Crippen molar-refractivity contribution in [1.82, 2.24) is 9.47 Å². The van der Waals surface area contributed by atoms with Gasteiger partial charge in [-0.3, -0.25) is 4.57 Å². The SMILES string of the molecule is CN1C(c2ccc(-c3ccccc3)cc2)=NC(n2c3ccccc3c3ccccc32)=NC1c1ccc(-c2ccccc2)cc1. The highest BCUT2D eigenvalue weighted by Crippen LogP contribution is 2.34. The molecule has 0 saturated heterocycles. The van der Waals surface area contributed by atoms with Crippen LogP contribution in [0.2, 0.25) is 0 Å².